The number of amides is 1. The molecule has 1 fully saturated rings. The summed E-state index contributed by atoms with van der Waals surface area (Å²) in [5.41, 5.74) is 2.93. The fourth-order valence-electron chi connectivity index (χ4n) is 4.12. The van der Waals surface area contributed by atoms with Crippen LogP contribution in [0.5, 0.6) is 0 Å². The molecular formula is C22H28N2O3. The number of aryl methyl sites for hydroxylation is 2. The van der Waals surface area contributed by atoms with Crippen molar-refractivity contribution in [2.45, 2.75) is 40.5 Å². The Morgan fingerprint density at radius 1 is 1.19 bits per heavy atom. The number of aromatic nitrogens is 1. The van der Waals surface area contributed by atoms with E-state index in [1.54, 1.807) is 0 Å². The molecule has 2 aromatic rings. The molecule has 1 aromatic carbocycles. The fraction of sp³-hybridized carbons (Fsp3) is 0.500. The van der Waals surface area contributed by atoms with Crippen LogP contribution >= 0.6 is 0 Å². The number of para-hydroxylation sites is 1. The van der Waals surface area contributed by atoms with E-state index in [0.29, 0.717) is 29.5 Å². The van der Waals surface area contributed by atoms with Gasteiger partial charge in [-0.05, 0) is 43.2 Å². The maximum Gasteiger partial charge on any atom is 0.340 e. The molecule has 2 heterocycles. The highest BCUT2D eigenvalue weighted by atomic mass is 16.5. The molecule has 1 amide bonds. The SMILES string of the molecule is CCc1nc2ccccc2c(C)c1C(=O)OCC(=O)N1C[C@H](C)C[C@H](C)C1. The van der Waals surface area contributed by atoms with Crippen LogP contribution in [0.3, 0.4) is 0 Å². The highest BCUT2D eigenvalue weighted by Crippen LogP contribution is 2.24. The van der Waals surface area contributed by atoms with Crippen LogP contribution in [0.15, 0.2) is 24.3 Å². The Labute approximate surface area is 160 Å². The van der Waals surface area contributed by atoms with Gasteiger partial charge in [-0.3, -0.25) is 9.78 Å². The Bertz CT molecular complexity index is 852. The zero-order chi connectivity index (χ0) is 19.6. The molecule has 27 heavy (non-hydrogen) atoms. The van der Waals surface area contributed by atoms with Crippen LogP contribution in [0, 0.1) is 18.8 Å². The van der Waals surface area contributed by atoms with Crippen LogP contribution in [-0.2, 0) is 16.0 Å². The van der Waals surface area contributed by atoms with Gasteiger partial charge in [-0.25, -0.2) is 4.79 Å². The number of fused-ring (bicyclic) bond motifs is 1. The minimum absolute atomic E-state index is 0.119. The third-order valence-corrected chi connectivity index (χ3v) is 5.31. The number of hydrogen-bond acceptors (Lipinski definition) is 4. The van der Waals surface area contributed by atoms with Gasteiger partial charge in [0.2, 0.25) is 0 Å². The molecule has 0 unspecified atom stereocenters. The largest absolute Gasteiger partial charge is 0.452 e. The van der Waals surface area contributed by atoms with E-state index in [2.05, 4.69) is 18.8 Å². The van der Waals surface area contributed by atoms with Gasteiger partial charge in [0.25, 0.3) is 5.91 Å². The Morgan fingerprint density at radius 3 is 2.52 bits per heavy atom. The number of esters is 1. The van der Waals surface area contributed by atoms with Crippen LogP contribution in [0.2, 0.25) is 0 Å². The van der Waals surface area contributed by atoms with Gasteiger partial charge in [0.05, 0.1) is 16.8 Å². The molecule has 0 bridgehead atoms. The Hall–Kier alpha value is -2.43. The summed E-state index contributed by atoms with van der Waals surface area (Å²) in [6.07, 6.45) is 1.76. The van der Waals surface area contributed by atoms with Crippen LogP contribution in [-0.4, -0.2) is 41.5 Å². The topological polar surface area (TPSA) is 59.5 Å². The quantitative estimate of drug-likeness (QED) is 0.771. The second kappa shape index (κ2) is 8.07. The summed E-state index contributed by atoms with van der Waals surface area (Å²) in [5.74, 6) is 0.374. The van der Waals surface area contributed by atoms with Gasteiger partial charge in [-0.15, -0.1) is 0 Å². The van der Waals surface area contributed by atoms with E-state index < -0.39 is 5.97 Å². The molecule has 0 saturated carbocycles. The molecule has 1 saturated heterocycles. The Morgan fingerprint density at radius 2 is 1.85 bits per heavy atom. The molecule has 0 aliphatic carbocycles. The van der Waals surface area contributed by atoms with Gasteiger partial charge in [0.15, 0.2) is 6.61 Å². The maximum absolute atomic E-state index is 12.8. The van der Waals surface area contributed by atoms with E-state index in [-0.39, 0.29) is 12.5 Å². The first-order valence-corrected chi connectivity index (χ1v) is 9.73. The molecule has 144 valence electrons. The van der Waals surface area contributed by atoms with E-state index in [9.17, 15) is 9.59 Å². The number of benzene rings is 1. The van der Waals surface area contributed by atoms with E-state index in [0.717, 1.165) is 36.0 Å². The normalized spacial score (nSPS) is 19.9. The lowest BCUT2D eigenvalue weighted by Crippen LogP contribution is -2.44. The third-order valence-electron chi connectivity index (χ3n) is 5.31. The van der Waals surface area contributed by atoms with Crippen molar-refractivity contribution in [2.24, 2.45) is 11.8 Å². The van der Waals surface area contributed by atoms with Crippen molar-refractivity contribution in [1.29, 1.82) is 0 Å². The van der Waals surface area contributed by atoms with Crippen molar-refractivity contribution >= 4 is 22.8 Å². The Balaban J connectivity index is 1.76. The lowest BCUT2D eigenvalue weighted by atomic mass is 9.92. The van der Waals surface area contributed by atoms with E-state index in [4.69, 9.17) is 4.74 Å². The highest BCUT2D eigenvalue weighted by Gasteiger charge is 2.27. The molecule has 5 nitrogen and oxygen atoms in total. The smallest absolute Gasteiger partial charge is 0.340 e. The number of ether oxygens (including phenoxy) is 1. The molecule has 1 aliphatic rings. The van der Waals surface area contributed by atoms with Crippen molar-refractivity contribution in [3.63, 3.8) is 0 Å². The molecule has 1 aliphatic heterocycles. The minimum Gasteiger partial charge on any atom is -0.452 e. The summed E-state index contributed by atoms with van der Waals surface area (Å²) >= 11 is 0. The van der Waals surface area contributed by atoms with Gasteiger partial charge < -0.3 is 9.64 Å². The predicted octanol–water partition coefficient (Wildman–Crippen LogP) is 3.77. The van der Waals surface area contributed by atoms with Crippen molar-refractivity contribution in [1.82, 2.24) is 9.88 Å². The lowest BCUT2D eigenvalue weighted by molar-refractivity contribution is -0.137. The third kappa shape index (κ3) is 4.12. The van der Waals surface area contributed by atoms with E-state index in [1.165, 1.54) is 0 Å². The number of piperidine rings is 1. The van der Waals surface area contributed by atoms with Crippen LogP contribution in [0.25, 0.3) is 10.9 Å². The first-order valence-electron chi connectivity index (χ1n) is 9.73. The number of pyridine rings is 1. The Kier molecular flexibility index (Phi) is 5.78. The second-order valence-electron chi connectivity index (χ2n) is 7.75. The average molecular weight is 368 g/mol. The van der Waals surface area contributed by atoms with Crippen molar-refractivity contribution < 1.29 is 14.3 Å². The van der Waals surface area contributed by atoms with E-state index in [1.807, 2.05) is 43.0 Å². The standard InChI is InChI=1S/C22H28N2O3/c1-5-18-21(16(4)17-8-6-7-9-19(17)23-18)22(26)27-13-20(25)24-11-14(2)10-15(3)12-24/h6-9,14-15H,5,10-13H2,1-4H3/t14-,15+. The van der Waals surface area contributed by atoms with Crippen LogP contribution < -0.4 is 0 Å². The lowest BCUT2D eigenvalue weighted by Gasteiger charge is -2.34. The number of likely N-dealkylation sites (tertiary alicyclic amines) is 1. The first-order chi connectivity index (χ1) is 12.9. The van der Waals surface area contributed by atoms with Gasteiger partial charge in [0, 0.05) is 18.5 Å². The molecular weight excluding hydrogens is 340 g/mol. The summed E-state index contributed by atoms with van der Waals surface area (Å²) in [5, 5.41) is 0.937. The van der Waals surface area contributed by atoms with Gasteiger partial charge in [-0.1, -0.05) is 39.0 Å². The van der Waals surface area contributed by atoms with Crippen molar-refractivity contribution in [3.05, 3.63) is 41.1 Å². The number of hydrogen-bond donors (Lipinski definition) is 0. The summed E-state index contributed by atoms with van der Waals surface area (Å²) < 4.78 is 5.42. The van der Waals surface area contributed by atoms with E-state index >= 15 is 0 Å². The second-order valence-corrected chi connectivity index (χ2v) is 7.75. The van der Waals surface area contributed by atoms with Gasteiger partial charge >= 0.3 is 5.97 Å². The number of carbonyl (C=O) groups excluding carboxylic acids is 2. The number of nitrogens with zero attached hydrogens (tertiary/aromatic N) is 2. The van der Waals surface area contributed by atoms with Gasteiger partial charge in [0.1, 0.15) is 0 Å². The molecule has 0 N–H and O–H groups in total. The monoisotopic (exact) mass is 368 g/mol. The molecule has 5 heteroatoms. The summed E-state index contributed by atoms with van der Waals surface area (Å²) in [7, 11) is 0. The minimum atomic E-state index is -0.464. The van der Waals surface area contributed by atoms with Crippen LogP contribution in [0.1, 0.15) is 48.8 Å². The number of rotatable bonds is 4. The molecule has 1 aromatic heterocycles. The van der Waals surface area contributed by atoms with Crippen LogP contribution in [0.4, 0.5) is 0 Å². The summed E-state index contributed by atoms with van der Waals surface area (Å²) in [4.78, 5) is 31.7. The highest BCUT2D eigenvalue weighted by molar-refractivity contribution is 5.99. The van der Waals surface area contributed by atoms with Crippen molar-refractivity contribution in [3.8, 4) is 0 Å². The zero-order valence-corrected chi connectivity index (χ0v) is 16.6. The van der Waals surface area contributed by atoms with Crippen molar-refractivity contribution in [2.75, 3.05) is 19.7 Å². The van der Waals surface area contributed by atoms with Gasteiger partial charge in [-0.2, -0.15) is 0 Å². The summed E-state index contributed by atoms with van der Waals surface area (Å²) in [6.45, 7) is 9.44. The number of carbonyl (C=O) groups is 2. The first kappa shape index (κ1) is 19.3. The molecule has 0 spiro atoms. The summed E-state index contributed by atoms with van der Waals surface area (Å²) in [6, 6.07) is 7.76. The average Bonchev–Trinajstić information content (AvgIpc) is 2.64. The molecule has 2 atom stereocenters. The molecule has 0 radical (unpaired) electrons. The molecule has 3 rings (SSSR count). The predicted molar refractivity (Wildman–Crippen MR) is 106 cm³/mol. The zero-order valence-electron chi connectivity index (χ0n) is 16.6. The maximum atomic E-state index is 12.8. The fourth-order valence-corrected chi connectivity index (χ4v) is 4.12.